The predicted molar refractivity (Wildman–Crippen MR) is 84.6 cm³/mol. The first-order chi connectivity index (χ1) is 9.10. The summed E-state index contributed by atoms with van der Waals surface area (Å²) in [5.74, 6) is -0.384. The lowest BCUT2D eigenvalue weighted by molar-refractivity contribution is 0.0601. The molecule has 0 aliphatic carbocycles. The molecule has 0 aromatic heterocycles. The number of hydrogen-bond acceptors (Lipinski definition) is 4. The van der Waals surface area contributed by atoms with E-state index in [1.807, 2.05) is 24.3 Å². The van der Waals surface area contributed by atoms with Crippen LogP contribution in [0.1, 0.15) is 10.4 Å². The highest BCUT2D eigenvalue weighted by Crippen LogP contribution is 2.25. The molecule has 3 N–H and O–H groups in total. The Labute approximate surface area is 125 Å². The molecule has 0 amide bonds. The second-order valence-electron chi connectivity index (χ2n) is 3.93. The van der Waals surface area contributed by atoms with Crippen molar-refractivity contribution in [2.45, 2.75) is 0 Å². The number of nitrogen functional groups attached to an aromatic ring is 1. The maximum atomic E-state index is 11.5. The van der Waals surface area contributed by atoms with Crippen molar-refractivity contribution >= 4 is 45.6 Å². The molecule has 0 fully saturated rings. The first-order valence-corrected chi connectivity index (χ1v) is 6.68. The van der Waals surface area contributed by atoms with Crippen LogP contribution in [0.3, 0.4) is 0 Å². The van der Waals surface area contributed by atoms with Gasteiger partial charge >= 0.3 is 5.97 Å². The van der Waals surface area contributed by atoms with Gasteiger partial charge in [-0.1, -0.05) is 0 Å². The van der Waals surface area contributed by atoms with Gasteiger partial charge in [-0.2, -0.15) is 0 Å². The lowest BCUT2D eigenvalue weighted by Crippen LogP contribution is -2.04. The fourth-order valence-electron chi connectivity index (χ4n) is 1.60. The average Bonchev–Trinajstić information content (AvgIpc) is 2.43. The van der Waals surface area contributed by atoms with Crippen molar-refractivity contribution in [3.8, 4) is 0 Å². The zero-order chi connectivity index (χ0) is 13.8. The van der Waals surface area contributed by atoms with Gasteiger partial charge in [0.1, 0.15) is 0 Å². The van der Waals surface area contributed by atoms with Crippen molar-refractivity contribution in [1.82, 2.24) is 0 Å². The second-order valence-corrected chi connectivity index (χ2v) is 5.17. The van der Waals surface area contributed by atoms with E-state index in [1.54, 1.807) is 18.2 Å². The normalized spacial score (nSPS) is 10.0. The molecule has 19 heavy (non-hydrogen) atoms. The molecular formula is C14H13IN2O2. The Balaban J connectivity index is 2.28. The number of rotatable bonds is 3. The number of carbonyl (C=O) groups excluding carboxylic acids is 1. The van der Waals surface area contributed by atoms with Crippen LogP contribution in [0.5, 0.6) is 0 Å². The van der Waals surface area contributed by atoms with Crippen molar-refractivity contribution in [2.24, 2.45) is 0 Å². The Morgan fingerprint density at radius 1 is 1.21 bits per heavy atom. The van der Waals surface area contributed by atoms with E-state index in [-0.39, 0.29) is 5.97 Å². The van der Waals surface area contributed by atoms with Crippen LogP contribution < -0.4 is 11.1 Å². The number of carbonyl (C=O) groups is 1. The van der Waals surface area contributed by atoms with E-state index in [2.05, 4.69) is 32.6 Å². The standard InChI is InChI=1S/C14H13IN2O2/c1-19-14(18)9-2-7-12(16)13(8-9)17-11-5-3-10(15)4-6-11/h2-8,17H,16H2,1H3. The number of ether oxygens (including phenoxy) is 1. The molecule has 0 radical (unpaired) electrons. The highest BCUT2D eigenvalue weighted by molar-refractivity contribution is 14.1. The molecule has 0 aliphatic heterocycles. The van der Waals surface area contributed by atoms with E-state index in [9.17, 15) is 4.79 Å². The van der Waals surface area contributed by atoms with Crippen LogP contribution in [0.15, 0.2) is 42.5 Å². The lowest BCUT2D eigenvalue weighted by Gasteiger charge is -2.10. The van der Waals surface area contributed by atoms with Crippen LogP contribution in [-0.4, -0.2) is 13.1 Å². The number of methoxy groups -OCH3 is 1. The molecule has 5 heteroatoms. The molecule has 0 bridgehead atoms. The van der Waals surface area contributed by atoms with Crippen molar-refractivity contribution < 1.29 is 9.53 Å². The Morgan fingerprint density at radius 2 is 1.89 bits per heavy atom. The number of benzene rings is 2. The molecule has 98 valence electrons. The number of nitrogens with one attached hydrogen (secondary N) is 1. The van der Waals surface area contributed by atoms with E-state index in [4.69, 9.17) is 5.73 Å². The summed E-state index contributed by atoms with van der Waals surface area (Å²) in [6, 6.07) is 12.9. The van der Waals surface area contributed by atoms with Gasteiger partial charge in [0.05, 0.1) is 24.0 Å². The highest BCUT2D eigenvalue weighted by Gasteiger charge is 2.08. The number of esters is 1. The van der Waals surface area contributed by atoms with Crippen LogP contribution in [0.4, 0.5) is 17.1 Å². The van der Waals surface area contributed by atoms with Gasteiger partial charge in [0.25, 0.3) is 0 Å². The van der Waals surface area contributed by atoms with Crippen LogP contribution in [0.2, 0.25) is 0 Å². The van der Waals surface area contributed by atoms with Crippen LogP contribution in [0.25, 0.3) is 0 Å². The number of nitrogens with two attached hydrogens (primary N) is 1. The van der Waals surface area contributed by atoms with E-state index in [0.717, 1.165) is 9.26 Å². The van der Waals surface area contributed by atoms with Crippen LogP contribution in [-0.2, 0) is 4.74 Å². The number of hydrogen-bond donors (Lipinski definition) is 2. The smallest absolute Gasteiger partial charge is 0.337 e. The summed E-state index contributed by atoms with van der Waals surface area (Å²) >= 11 is 2.24. The second kappa shape index (κ2) is 5.92. The van der Waals surface area contributed by atoms with Gasteiger partial charge < -0.3 is 15.8 Å². The Kier molecular flexibility index (Phi) is 4.26. The summed E-state index contributed by atoms with van der Waals surface area (Å²) in [4.78, 5) is 11.5. The lowest BCUT2D eigenvalue weighted by atomic mass is 10.1. The topological polar surface area (TPSA) is 64.3 Å². The minimum atomic E-state index is -0.384. The fraction of sp³-hybridized carbons (Fsp3) is 0.0714. The molecule has 0 atom stereocenters. The van der Waals surface area contributed by atoms with Gasteiger partial charge in [0.2, 0.25) is 0 Å². The Bertz CT molecular complexity index is 597. The zero-order valence-electron chi connectivity index (χ0n) is 10.3. The Morgan fingerprint density at radius 3 is 2.53 bits per heavy atom. The molecular weight excluding hydrogens is 355 g/mol. The molecule has 0 saturated carbocycles. The van der Waals surface area contributed by atoms with Crippen molar-refractivity contribution in [3.63, 3.8) is 0 Å². The fourth-order valence-corrected chi connectivity index (χ4v) is 1.96. The molecule has 2 rings (SSSR count). The quantitative estimate of drug-likeness (QED) is 0.495. The van der Waals surface area contributed by atoms with Gasteiger partial charge in [-0.25, -0.2) is 4.79 Å². The molecule has 0 saturated heterocycles. The minimum Gasteiger partial charge on any atom is -0.465 e. The maximum Gasteiger partial charge on any atom is 0.337 e. The third kappa shape index (κ3) is 3.37. The third-order valence-electron chi connectivity index (χ3n) is 2.60. The monoisotopic (exact) mass is 368 g/mol. The first-order valence-electron chi connectivity index (χ1n) is 5.60. The van der Waals surface area contributed by atoms with Crippen LogP contribution >= 0.6 is 22.6 Å². The van der Waals surface area contributed by atoms with Crippen molar-refractivity contribution in [2.75, 3.05) is 18.2 Å². The maximum absolute atomic E-state index is 11.5. The summed E-state index contributed by atoms with van der Waals surface area (Å²) in [5, 5.41) is 3.18. The van der Waals surface area contributed by atoms with Crippen molar-refractivity contribution in [1.29, 1.82) is 0 Å². The summed E-state index contributed by atoms with van der Waals surface area (Å²) < 4.78 is 5.84. The largest absolute Gasteiger partial charge is 0.465 e. The molecule has 0 unspecified atom stereocenters. The summed E-state index contributed by atoms with van der Waals surface area (Å²) in [7, 11) is 1.35. The van der Waals surface area contributed by atoms with Crippen LogP contribution in [0, 0.1) is 3.57 Å². The first kappa shape index (κ1) is 13.7. The van der Waals surface area contributed by atoms with Gasteiger partial charge in [-0.3, -0.25) is 0 Å². The van der Waals surface area contributed by atoms with E-state index >= 15 is 0 Å². The Hall–Kier alpha value is -1.76. The predicted octanol–water partition coefficient (Wildman–Crippen LogP) is 3.40. The SMILES string of the molecule is COC(=O)c1ccc(N)c(Nc2ccc(I)cc2)c1. The van der Waals surface area contributed by atoms with Gasteiger partial charge in [0, 0.05) is 9.26 Å². The zero-order valence-corrected chi connectivity index (χ0v) is 12.5. The molecule has 4 nitrogen and oxygen atoms in total. The van der Waals surface area contributed by atoms with Gasteiger partial charge in [-0.05, 0) is 65.1 Å². The highest BCUT2D eigenvalue weighted by atomic mass is 127. The van der Waals surface area contributed by atoms with Gasteiger partial charge in [0.15, 0.2) is 0 Å². The molecule has 2 aromatic carbocycles. The summed E-state index contributed by atoms with van der Waals surface area (Å²) in [5.41, 5.74) is 8.53. The minimum absolute atomic E-state index is 0.384. The van der Waals surface area contributed by atoms with E-state index < -0.39 is 0 Å². The van der Waals surface area contributed by atoms with Crippen molar-refractivity contribution in [3.05, 3.63) is 51.6 Å². The molecule has 0 aliphatic rings. The van der Waals surface area contributed by atoms with Gasteiger partial charge in [-0.15, -0.1) is 0 Å². The summed E-state index contributed by atoms with van der Waals surface area (Å²) in [6.45, 7) is 0. The van der Waals surface area contributed by atoms with E-state index in [0.29, 0.717) is 16.9 Å². The van der Waals surface area contributed by atoms with E-state index in [1.165, 1.54) is 7.11 Å². The summed E-state index contributed by atoms with van der Waals surface area (Å²) in [6.07, 6.45) is 0. The molecule has 2 aromatic rings. The third-order valence-corrected chi connectivity index (χ3v) is 3.32. The number of halogens is 1. The molecule has 0 heterocycles. The average molecular weight is 368 g/mol. The molecule has 0 spiro atoms. The number of anilines is 3.